The highest BCUT2D eigenvalue weighted by Gasteiger charge is 2.01. The highest BCUT2D eigenvalue weighted by Crippen LogP contribution is 2.11. The van der Waals surface area contributed by atoms with Gasteiger partial charge < -0.3 is 5.21 Å². The van der Waals surface area contributed by atoms with Crippen molar-refractivity contribution in [3.63, 3.8) is 0 Å². The van der Waals surface area contributed by atoms with Gasteiger partial charge in [0.05, 0.1) is 5.71 Å². The molecule has 64 valence electrons. The normalized spacial score (nSPS) is 11.8. The minimum Gasteiger partial charge on any atom is -0.411 e. The van der Waals surface area contributed by atoms with E-state index in [0.717, 1.165) is 11.1 Å². The van der Waals surface area contributed by atoms with Gasteiger partial charge in [0.25, 0.3) is 0 Å². The maximum absolute atomic E-state index is 8.59. The molecular formula is C10H13NO. The van der Waals surface area contributed by atoms with Crippen LogP contribution in [0.25, 0.3) is 0 Å². The third kappa shape index (κ3) is 1.64. The van der Waals surface area contributed by atoms with E-state index in [1.807, 2.05) is 32.0 Å². The van der Waals surface area contributed by atoms with Gasteiger partial charge >= 0.3 is 0 Å². The standard InChI is InChI=1S/C10H13NO/c1-7-4-5-8(2)10(6-7)9(3)11-12/h4-6,12H,1-3H3. The zero-order valence-corrected chi connectivity index (χ0v) is 7.63. The molecule has 0 atom stereocenters. The van der Waals surface area contributed by atoms with Gasteiger partial charge in [-0.05, 0) is 32.4 Å². The number of nitrogens with zero attached hydrogens (tertiary/aromatic N) is 1. The summed E-state index contributed by atoms with van der Waals surface area (Å²) in [6.07, 6.45) is 0. The maximum Gasteiger partial charge on any atom is 0.0839 e. The predicted octanol–water partition coefficient (Wildman–Crippen LogP) is 2.50. The van der Waals surface area contributed by atoms with Crippen LogP contribution in [0.1, 0.15) is 23.6 Å². The van der Waals surface area contributed by atoms with Crippen LogP contribution in [-0.2, 0) is 0 Å². The Kier molecular flexibility index (Phi) is 2.48. The van der Waals surface area contributed by atoms with Gasteiger partial charge in [0.2, 0.25) is 0 Å². The fourth-order valence-electron chi connectivity index (χ4n) is 1.18. The maximum atomic E-state index is 8.59. The highest BCUT2D eigenvalue weighted by molar-refractivity contribution is 5.99. The summed E-state index contributed by atoms with van der Waals surface area (Å²) in [6.45, 7) is 5.82. The van der Waals surface area contributed by atoms with E-state index in [2.05, 4.69) is 5.16 Å². The SMILES string of the molecule is CC(=NO)c1cc(C)ccc1C. The summed E-state index contributed by atoms with van der Waals surface area (Å²) in [6, 6.07) is 6.09. The number of aryl methyl sites for hydroxylation is 2. The molecule has 1 rings (SSSR count). The monoisotopic (exact) mass is 163 g/mol. The average molecular weight is 163 g/mol. The summed E-state index contributed by atoms with van der Waals surface area (Å²) in [5.74, 6) is 0. The highest BCUT2D eigenvalue weighted by atomic mass is 16.4. The summed E-state index contributed by atoms with van der Waals surface area (Å²) < 4.78 is 0. The molecule has 1 aromatic carbocycles. The van der Waals surface area contributed by atoms with Crippen LogP contribution in [0.15, 0.2) is 23.4 Å². The lowest BCUT2D eigenvalue weighted by molar-refractivity contribution is 0.319. The average Bonchev–Trinajstić information content (AvgIpc) is 2.08. The van der Waals surface area contributed by atoms with E-state index in [4.69, 9.17) is 5.21 Å². The molecule has 0 fully saturated rings. The molecule has 0 saturated heterocycles. The molecule has 0 saturated carbocycles. The van der Waals surface area contributed by atoms with Crippen LogP contribution in [0.4, 0.5) is 0 Å². The minimum atomic E-state index is 0.663. The van der Waals surface area contributed by atoms with Crippen molar-refractivity contribution in [2.45, 2.75) is 20.8 Å². The molecule has 0 heterocycles. The van der Waals surface area contributed by atoms with Crippen molar-refractivity contribution in [2.75, 3.05) is 0 Å². The van der Waals surface area contributed by atoms with Gasteiger partial charge in [-0.25, -0.2) is 0 Å². The number of hydrogen-bond acceptors (Lipinski definition) is 2. The Bertz CT molecular complexity index is 316. The van der Waals surface area contributed by atoms with E-state index < -0.39 is 0 Å². The van der Waals surface area contributed by atoms with Crippen molar-refractivity contribution in [2.24, 2.45) is 5.16 Å². The lowest BCUT2D eigenvalue weighted by atomic mass is 10.0. The van der Waals surface area contributed by atoms with E-state index in [-0.39, 0.29) is 0 Å². The van der Waals surface area contributed by atoms with Gasteiger partial charge in [-0.3, -0.25) is 0 Å². The first-order valence-electron chi connectivity index (χ1n) is 3.91. The molecule has 1 N–H and O–H groups in total. The second-order valence-corrected chi connectivity index (χ2v) is 3.00. The van der Waals surface area contributed by atoms with Crippen molar-refractivity contribution in [1.29, 1.82) is 0 Å². The summed E-state index contributed by atoms with van der Waals surface area (Å²) >= 11 is 0. The van der Waals surface area contributed by atoms with Crippen molar-refractivity contribution < 1.29 is 5.21 Å². The third-order valence-corrected chi connectivity index (χ3v) is 1.93. The first-order valence-corrected chi connectivity index (χ1v) is 3.91. The van der Waals surface area contributed by atoms with Crippen molar-refractivity contribution in [3.05, 3.63) is 34.9 Å². The minimum absolute atomic E-state index is 0.663. The van der Waals surface area contributed by atoms with Crippen molar-refractivity contribution >= 4 is 5.71 Å². The molecule has 2 heteroatoms. The Labute approximate surface area is 72.5 Å². The second kappa shape index (κ2) is 3.39. The Balaban J connectivity index is 3.23. The molecule has 0 aliphatic heterocycles. The Morgan fingerprint density at radius 1 is 1.33 bits per heavy atom. The Hall–Kier alpha value is -1.31. The molecule has 0 aromatic heterocycles. The smallest absolute Gasteiger partial charge is 0.0839 e. The summed E-state index contributed by atoms with van der Waals surface area (Å²) in [5, 5.41) is 11.8. The number of oxime groups is 1. The lowest BCUT2D eigenvalue weighted by Gasteiger charge is -2.04. The van der Waals surface area contributed by atoms with E-state index >= 15 is 0 Å². The fraction of sp³-hybridized carbons (Fsp3) is 0.300. The van der Waals surface area contributed by atoms with Gasteiger partial charge in [0.1, 0.15) is 0 Å². The van der Waals surface area contributed by atoms with E-state index in [1.54, 1.807) is 6.92 Å². The van der Waals surface area contributed by atoms with Gasteiger partial charge in [-0.1, -0.05) is 22.9 Å². The molecule has 0 spiro atoms. The molecule has 0 aliphatic carbocycles. The molecular weight excluding hydrogens is 150 g/mol. The molecule has 2 nitrogen and oxygen atoms in total. The summed E-state index contributed by atoms with van der Waals surface area (Å²) in [4.78, 5) is 0. The van der Waals surface area contributed by atoms with Crippen LogP contribution in [0, 0.1) is 13.8 Å². The number of rotatable bonds is 1. The van der Waals surface area contributed by atoms with Crippen LogP contribution in [0.2, 0.25) is 0 Å². The topological polar surface area (TPSA) is 32.6 Å². The van der Waals surface area contributed by atoms with Crippen LogP contribution in [0.3, 0.4) is 0 Å². The number of hydrogen-bond donors (Lipinski definition) is 1. The second-order valence-electron chi connectivity index (χ2n) is 3.00. The fourth-order valence-corrected chi connectivity index (χ4v) is 1.18. The van der Waals surface area contributed by atoms with E-state index in [0.29, 0.717) is 5.71 Å². The predicted molar refractivity (Wildman–Crippen MR) is 49.9 cm³/mol. The first kappa shape index (κ1) is 8.78. The zero-order valence-electron chi connectivity index (χ0n) is 7.63. The van der Waals surface area contributed by atoms with Crippen molar-refractivity contribution in [3.8, 4) is 0 Å². The lowest BCUT2D eigenvalue weighted by Crippen LogP contribution is -1.98. The van der Waals surface area contributed by atoms with Gasteiger partial charge in [-0.2, -0.15) is 0 Å². The molecule has 0 amide bonds. The molecule has 0 unspecified atom stereocenters. The third-order valence-electron chi connectivity index (χ3n) is 1.93. The Morgan fingerprint density at radius 3 is 2.58 bits per heavy atom. The van der Waals surface area contributed by atoms with Gasteiger partial charge in [-0.15, -0.1) is 0 Å². The number of benzene rings is 1. The van der Waals surface area contributed by atoms with Crippen molar-refractivity contribution in [1.82, 2.24) is 0 Å². The quantitative estimate of drug-likeness (QED) is 0.385. The van der Waals surface area contributed by atoms with Crippen LogP contribution in [-0.4, -0.2) is 10.9 Å². The molecule has 0 bridgehead atoms. The molecule has 1 aromatic rings. The zero-order chi connectivity index (χ0) is 9.14. The van der Waals surface area contributed by atoms with E-state index in [9.17, 15) is 0 Å². The molecule has 0 aliphatic rings. The van der Waals surface area contributed by atoms with Gasteiger partial charge in [0, 0.05) is 5.56 Å². The Morgan fingerprint density at radius 2 is 2.00 bits per heavy atom. The van der Waals surface area contributed by atoms with Gasteiger partial charge in [0.15, 0.2) is 0 Å². The van der Waals surface area contributed by atoms with E-state index in [1.165, 1.54) is 5.56 Å². The first-order chi connectivity index (χ1) is 5.65. The summed E-state index contributed by atoms with van der Waals surface area (Å²) in [7, 11) is 0. The molecule has 12 heavy (non-hydrogen) atoms. The van der Waals surface area contributed by atoms with Crippen LogP contribution < -0.4 is 0 Å². The van der Waals surface area contributed by atoms with Crippen LogP contribution >= 0.6 is 0 Å². The largest absolute Gasteiger partial charge is 0.411 e. The molecule has 0 radical (unpaired) electrons. The summed E-state index contributed by atoms with van der Waals surface area (Å²) in [5.41, 5.74) is 3.99. The van der Waals surface area contributed by atoms with Crippen LogP contribution in [0.5, 0.6) is 0 Å².